The maximum Gasteiger partial charge on any atom is 0.101 e. The predicted octanol–water partition coefficient (Wildman–Crippen LogP) is 2.78. The Hall–Kier alpha value is -1.36. The van der Waals surface area contributed by atoms with Crippen LogP contribution in [0.3, 0.4) is 0 Å². The van der Waals surface area contributed by atoms with Crippen molar-refractivity contribution in [1.82, 2.24) is 4.98 Å². The average molecular weight is 200 g/mol. The molecule has 0 radical (unpaired) electrons. The first-order valence-corrected chi connectivity index (χ1v) is 5.77. The second-order valence-corrected chi connectivity index (χ2v) is 4.11. The van der Waals surface area contributed by atoms with Crippen molar-refractivity contribution in [3.63, 3.8) is 0 Å². The van der Waals surface area contributed by atoms with Gasteiger partial charge in [-0.1, -0.05) is 13.3 Å². The Morgan fingerprint density at radius 2 is 2.13 bits per heavy atom. The molecule has 0 atom stereocenters. The first kappa shape index (κ1) is 10.2. The number of aromatic nitrogens is 1. The number of nitrogens with zero attached hydrogens (tertiary/aromatic N) is 2. The highest BCUT2D eigenvalue weighted by Gasteiger charge is 2.12. The summed E-state index contributed by atoms with van der Waals surface area (Å²) in [6, 6.07) is 4.32. The predicted molar refractivity (Wildman–Crippen MR) is 59.6 cm³/mol. The molecule has 2 rings (SSSR count). The summed E-state index contributed by atoms with van der Waals surface area (Å²) in [6.07, 6.45) is 6.82. The second kappa shape index (κ2) is 4.44. The SMILES string of the molecule is CCc1nc2c(cc1C#N)CCCCC2. The zero-order valence-electron chi connectivity index (χ0n) is 9.21. The number of aryl methyl sites for hydroxylation is 3. The topological polar surface area (TPSA) is 36.7 Å². The number of pyridine rings is 1. The third-order valence-corrected chi connectivity index (χ3v) is 3.09. The standard InChI is InChI=1S/C13H16N2/c1-2-12-11(9-14)8-10-6-4-3-5-7-13(10)15-12/h8H,2-7H2,1H3. The fourth-order valence-corrected chi connectivity index (χ4v) is 2.22. The van der Waals surface area contributed by atoms with Crippen LogP contribution in [0.5, 0.6) is 0 Å². The molecule has 1 aromatic rings. The van der Waals surface area contributed by atoms with Crippen molar-refractivity contribution >= 4 is 0 Å². The van der Waals surface area contributed by atoms with Gasteiger partial charge in [-0.15, -0.1) is 0 Å². The molecule has 0 unspecified atom stereocenters. The van der Waals surface area contributed by atoms with Crippen LogP contribution in [0.25, 0.3) is 0 Å². The first-order valence-electron chi connectivity index (χ1n) is 5.77. The Bertz CT molecular complexity index is 402. The summed E-state index contributed by atoms with van der Waals surface area (Å²) in [5, 5.41) is 9.03. The Balaban J connectivity index is 2.47. The molecule has 78 valence electrons. The van der Waals surface area contributed by atoms with Crippen molar-refractivity contribution in [2.24, 2.45) is 0 Å². The van der Waals surface area contributed by atoms with Gasteiger partial charge in [-0.2, -0.15) is 5.26 Å². The van der Waals surface area contributed by atoms with E-state index in [1.54, 1.807) is 0 Å². The van der Waals surface area contributed by atoms with Crippen LogP contribution in [0.1, 0.15) is 48.7 Å². The lowest BCUT2D eigenvalue weighted by atomic mass is 10.0. The Morgan fingerprint density at radius 1 is 1.33 bits per heavy atom. The number of fused-ring (bicyclic) bond motifs is 1. The molecule has 0 N–H and O–H groups in total. The van der Waals surface area contributed by atoms with Crippen molar-refractivity contribution in [1.29, 1.82) is 5.26 Å². The summed E-state index contributed by atoms with van der Waals surface area (Å²) in [7, 11) is 0. The molecule has 1 heterocycles. The summed E-state index contributed by atoms with van der Waals surface area (Å²) in [5.74, 6) is 0. The molecule has 2 nitrogen and oxygen atoms in total. The van der Waals surface area contributed by atoms with Crippen LogP contribution in [0.4, 0.5) is 0 Å². The van der Waals surface area contributed by atoms with Crippen molar-refractivity contribution in [3.05, 3.63) is 28.6 Å². The normalized spacial score (nSPS) is 15.2. The quantitative estimate of drug-likeness (QED) is 0.653. The minimum atomic E-state index is 0.776. The maximum absolute atomic E-state index is 9.03. The van der Waals surface area contributed by atoms with E-state index in [1.165, 1.54) is 30.5 Å². The van der Waals surface area contributed by atoms with Crippen molar-refractivity contribution < 1.29 is 0 Å². The third-order valence-electron chi connectivity index (χ3n) is 3.09. The van der Waals surface area contributed by atoms with E-state index >= 15 is 0 Å². The summed E-state index contributed by atoms with van der Waals surface area (Å²) < 4.78 is 0. The van der Waals surface area contributed by atoms with Gasteiger partial charge in [-0.25, -0.2) is 0 Å². The monoisotopic (exact) mass is 200 g/mol. The van der Waals surface area contributed by atoms with Gasteiger partial charge in [-0.3, -0.25) is 4.98 Å². The fraction of sp³-hybridized carbons (Fsp3) is 0.538. The molecule has 0 amide bonds. The van der Waals surface area contributed by atoms with Gasteiger partial charge in [0.25, 0.3) is 0 Å². The molecule has 0 aromatic carbocycles. The molecule has 15 heavy (non-hydrogen) atoms. The fourth-order valence-electron chi connectivity index (χ4n) is 2.22. The van der Waals surface area contributed by atoms with Crippen LogP contribution in [0, 0.1) is 11.3 Å². The summed E-state index contributed by atoms with van der Waals surface area (Å²) in [4.78, 5) is 4.64. The number of rotatable bonds is 1. The van der Waals surface area contributed by atoms with Gasteiger partial charge in [0.1, 0.15) is 6.07 Å². The number of hydrogen-bond donors (Lipinski definition) is 0. The van der Waals surface area contributed by atoms with Gasteiger partial charge < -0.3 is 0 Å². The molecule has 0 fully saturated rings. The van der Waals surface area contributed by atoms with E-state index in [1.807, 2.05) is 0 Å². The summed E-state index contributed by atoms with van der Waals surface area (Å²) in [6.45, 7) is 2.06. The first-order chi connectivity index (χ1) is 7.35. The van der Waals surface area contributed by atoms with E-state index in [2.05, 4.69) is 24.0 Å². The molecule has 0 saturated heterocycles. The minimum Gasteiger partial charge on any atom is -0.256 e. The molecule has 0 spiro atoms. The second-order valence-electron chi connectivity index (χ2n) is 4.11. The van der Waals surface area contributed by atoms with E-state index in [0.29, 0.717) is 0 Å². The molecular formula is C13H16N2. The minimum absolute atomic E-state index is 0.776. The summed E-state index contributed by atoms with van der Waals surface area (Å²) in [5.41, 5.74) is 4.29. The van der Waals surface area contributed by atoms with E-state index in [9.17, 15) is 0 Å². The van der Waals surface area contributed by atoms with Gasteiger partial charge in [-0.05, 0) is 43.7 Å². The Morgan fingerprint density at radius 3 is 2.87 bits per heavy atom. The molecular weight excluding hydrogens is 184 g/mol. The van der Waals surface area contributed by atoms with Gasteiger partial charge in [0.15, 0.2) is 0 Å². The van der Waals surface area contributed by atoms with Crippen molar-refractivity contribution in [2.75, 3.05) is 0 Å². The van der Waals surface area contributed by atoms with Gasteiger partial charge in [0, 0.05) is 5.69 Å². The van der Waals surface area contributed by atoms with E-state index in [-0.39, 0.29) is 0 Å². The zero-order chi connectivity index (χ0) is 10.7. The molecule has 0 bridgehead atoms. The Kier molecular flexibility index (Phi) is 3.01. The highest BCUT2D eigenvalue weighted by atomic mass is 14.7. The largest absolute Gasteiger partial charge is 0.256 e. The molecule has 1 aliphatic rings. The van der Waals surface area contributed by atoms with Crippen molar-refractivity contribution in [3.8, 4) is 6.07 Å². The molecule has 0 saturated carbocycles. The van der Waals surface area contributed by atoms with E-state index in [0.717, 1.165) is 30.5 Å². The van der Waals surface area contributed by atoms with Crippen LogP contribution in [0.15, 0.2) is 6.07 Å². The molecule has 1 aliphatic carbocycles. The van der Waals surface area contributed by atoms with E-state index < -0.39 is 0 Å². The smallest absolute Gasteiger partial charge is 0.101 e. The molecule has 0 aliphatic heterocycles. The van der Waals surface area contributed by atoms with E-state index in [4.69, 9.17) is 5.26 Å². The highest BCUT2D eigenvalue weighted by Crippen LogP contribution is 2.21. The summed E-state index contributed by atoms with van der Waals surface area (Å²) >= 11 is 0. The van der Waals surface area contributed by atoms with Crippen LogP contribution in [-0.2, 0) is 19.3 Å². The molecule has 2 heteroatoms. The van der Waals surface area contributed by atoms with Gasteiger partial charge in [0.05, 0.1) is 11.3 Å². The van der Waals surface area contributed by atoms with Crippen LogP contribution in [0.2, 0.25) is 0 Å². The van der Waals surface area contributed by atoms with Gasteiger partial charge in [0.2, 0.25) is 0 Å². The zero-order valence-corrected chi connectivity index (χ0v) is 9.21. The average Bonchev–Trinajstić information content (AvgIpc) is 2.51. The molecule has 1 aromatic heterocycles. The lowest BCUT2D eigenvalue weighted by Gasteiger charge is -2.08. The number of nitriles is 1. The van der Waals surface area contributed by atoms with Crippen molar-refractivity contribution in [2.45, 2.75) is 45.4 Å². The lowest BCUT2D eigenvalue weighted by molar-refractivity contribution is 0.708. The number of hydrogen-bond acceptors (Lipinski definition) is 2. The lowest BCUT2D eigenvalue weighted by Crippen LogP contribution is -2.02. The maximum atomic E-state index is 9.03. The van der Waals surface area contributed by atoms with Crippen LogP contribution >= 0.6 is 0 Å². The van der Waals surface area contributed by atoms with Crippen LogP contribution < -0.4 is 0 Å². The van der Waals surface area contributed by atoms with Crippen LogP contribution in [-0.4, -0.2) is 4.98 Å². The highest BCUT2D eigenvalue weighted by molar-refractivity contribution is 5.39. The third kappa shape index (κ3) is 2.02. The Labute approximate surface area is 91.0 Å². The van der Waals surface area contributed by atoms with Gasteiger partial charge >= 0.3 is 0 Å².